The molecule has 0 aliphatic carbocycles. The number of unbranched alkanes of at least 4 members (excludes halogenated alkanes) is 4. The van der Waals surface area contributed by atoms with E-state index in [0.717, 1.165) is 0 Å². The van der Waals surface area contributed by atoms with Crippen LogP contribution in [0.1, 0.15) is 48.8 Å². The van der Waals surface area contributed by atoms with Crippen molar-refractivity contribution in [2.24, 2.45) is 0 Å². The molecular formula is C7H22ClMgN. The molecule has 64 valence electrons. The van der Waals surface area contributed by atoms with E-state index >= 15 is 0 Å². The van der Waals surface area contributed by atoms with Gasteiger partial charge >= 0.3 is 23.1 Å². The van der Waals surface area contributed by atoms with Crippen LogP contribution in [-0.4, -0.2) is 23.1 Å². The first-order valence-corrected chi connectivity index (χ1v) is 3.41. The van der Waals surface area contributed by atoms with Gasteiger partial charge in [-0.3, -0.25) is 0 Å². The van der Waals surface area contributed by atoms with Gasteiger partial charge in [0.05, 0.1) is 0 Å². The van der Waals surface area contributed by atoms with Crippen molar-refractivity contribution in [1.29, 1.82) is 0 Å². The van der Waals surface area contributed by atoms with Crippen LogP contribution in [0, 0.1) is 0 Å². The van der Waals surface area contributed by atoms with Crippen LogP contribution in [0.25, 0.3) is 0 Å². The van der Waals surface area contributed by atoms with Gasteiger partial charge in [0.1, 0.15) is 0 Å². The molecule has 0 amide bonds. The second kappa shape index (κ2) is 22.5. The summed E-state index contributed by atoms with van der Waals surface area (Å²) in [7, 11) is 0. The summed E-state index contributed by atoms with van der Waals surface area (Å²) in [5.74, 6) is 0. The summed E-state index contributed by atoms with van der Waals surface area (Å²) in [6, 6.07) is 0. The molecule has 1 nitrogen and oxygen atoms in total. The van der Waals surface area contributed by atoms with E-state index in [2.05, 4.69) is 13.8 Å². The van der Waals surface area contributed by atoms with Crippen molar-refractivity contribution in [3.05, 3.63) is 0 Å². The van der Waals surface area contributed by atoms with E-state index in [1.807, 2.05) is 0 Å². The molecule has 0 saturated heterocycles. The van der Waals surface area contributed by atoms with Gasteiger partial charge in [-0.2, -0.15) is 0 Å². The molecule has 3 N–H and O–H groups in total. The Hall–Kier alpha value is 1.02. The predicted octanol–water partition coefficient (Wildman–Crippen LogP) is 3.40. The zero-order chi connectivity index (χ0) is 5.54. The summed E-state index contributed by atoms with van der Waals surface area (Å²) in [6.07, 6.45) is 7.01. The van der Waals surface area contributed by atoms with Gasteiger partial charge in [0, 0.05) is 0 Å². The molecule has 10 heavy (non-hydrogen) atoms. The second-order valence-corrected chi connectivity index (χ2v) is 2.06. The van der Waals surface area contributed by atoms with E-state index in [-0.39, 0.29) is 44.5 Å². The van der Waals surface area contributed by atoms with Gasteiger partial charge in [-0.15, -0.1) is 12.4 Å². The van der Waals surface area contributed by atoms with E-state index in [1.54, 1.807) is 0 Å². The summed E-state index contributed by atoms with van der Waals surface area (Å²) >= 11 is 0. The largest absolute Gasteiger partial charge is 2.00 e. The normalized spacial score (nSPS) is 6.60. The molecule has 0 rings (SSSR count). The number of hydrogen-bond acceptors (Lipinski definition) is 1. The third-order valence-corrected chi connectivity index (χ3v) is 1.21. The topological polar surface area (TPSA) is 35.0 Å². The van der Waals surface area contributed by atoms with Gasteiger partial charge in [-0.25, -0.2) is 0 Å². The minimum atomic E-state index is 0. The maximum atomic E-state index is 2.25. The molecule has 0 aliphatic rings. The number of hydrogen-bond donors (Lipinski definition) is 1. The first-order valence-electron chi connectivity index (χ1n) is 3.41. The molecule has 3 heteroatoms. The van der Waals surface area contributed by atoms with Gasteiger partial charge < -0.3 is 9.00 Å². The molecule has 0 unspecified atom stereocenters. The summed E-state index contributed by atoms with van der Waals surface area (Å²) in [5, 5.41) is 0. The fraction of sp³-hybridized carbons (Fsp3) is 1.00. The molecule has 0 atom stereocenters. The monoisotopic (exact) mass is 179 g/mol. The summed E-state index contributed by atoms with van der Waals surface area (Å²) < 4.78 is 0. The van der Waals surface area contributed by atoms with Crippen LogP contribution in [0.15, 0.2) is 0 Å². The van der Waals surface area contributed by atoms with Crippen molar-refractivity contribution in [3.8, 4) is 0 Å². The molecule has 0 spiro atoms. The molecule has 0 heterocycles. The van der Waals surface area contributed by atoms with Crippen LogP contribution in [-0.2, 0) is 0 Å². The van der Waals surface area contributed by atoms with Crippen molar-refractivity contribution >= 4 is 35.5 Å². The standard InChI is InChI=1S/C7H16.ClH.Mg.H3N.2H/c1-3-5-7-6-4-2;;;;;/h3-7H2,1-2H3;1H;;1H3;;/q;;+2;;2*-1. The Morgan fingerprint density at radius 1 is 0.900 bits per heavy atom. The summed E-state index contributed by atoms with van der Waals surface area (Å²) in [6.45, 7) is 4.49. The minimum absolute atomic E-state index is 0. The fourth-order valence-electron chi connectivity index (χ4n) is 0.677. The Labute approximate surface area is 90.5 Å². The van der Waals surface area contributed by atoms with Crippen molar-refractivity contribution in [1.82, 2.24) is 6.15 Å². The molecule has 0 radical (unpaired) electrons. The van der Waals surface area contributed by atoms with Gasteiger partial charge in [0.15, 0.2) is 0 Å². The SMILES string of the molecule is CCCCCCC.Cl.N.[H-].[H-].[Mg+2]. The van der Waals surface area contributed by atoms with Gasteiger partial charge in [0.25, 0.3) is 0 Å². The Bertz CT molecular complexity index is 40.6. The number of halogens is 1. The van der Waals surface area contributed by atoms with Crippen LogP contribution in [0.4, 0.5) is 0 Å². The predicted molar refractivity (Wildman–Crippen MR) is 54.7 cm³/mol. The van der Waals surface area contributed by atoms with E-state index in [1.165, 1.54) is 32.1 Å². The molecule has 0 aliphatic heterocycles. The smallest absolute Gasteiger partial charge is 1.00 e. The number of rotatable bonds is 4. The van der Waals surface area contributed by atoms with Crippen molar-refractivity contribution in [3.63, 3.8) is 0 Å². The van der Waals surface area contributed by atoms with Crippen molar-refractivity contribution < 1.29 is 2.85 Å². The Morgan fingerprint density at radius 2 is 1.20 bits per heavy atom. The first kappa shape index (κ1) is 22.5. The van der Waals surface area contributed by atoms with Crippen molar-refractivity contribution in [2.75, 3.05) is 0 Å². The summed E-state index contributed by atoms with van der Waals surface area (Å²) in [5.41, 5.74) is 0. The third-order valence-electron chi connectivity index (χ3n) is 1.21. The van der Waals surface area contributed by atoms with E-state index < -0.39 is 0 Å². The first-order chi connectivity index (χ1) is 3.41. The zero-order valence-electron chi connectivity index (χ0n) is 9.36. The van der Waals surface area contributed by atoms with Gasteiger partial charge in [-0.1, -0.05) is 46.0 Å². The van der Waals surface area contributed by atoms with E-state index in [9.17, 15) is 0 Å². The van der Waals surface area contributed by atoms with Crippen LogP contribution in [0.3, 0.4) is 0 Å². The van der Waals surface area contributed by atoms with E-state index in [0.29, 0.717) is 0 Å². The average molecular weight is 180 g/mol. The van der Waals surface area contributed by atoms with Crippen LogP contribution >= 0.6 is 12.4 Å². The van der Waals surface area contributed by atoms with Crippen LogP contribution < -0.4 is 6.15 Å². The quantitative estimate of drug-likeness (QED) is 0.522. The van der Waals surface area contributed by atoms with Gasteiger partial charge in [0.2, 0.25) is 0 Å². The van der Waals surface area contributed by atoms with Gasteiger partial charge in [-0.05, 0) is 0 Å². The molecule has 0 fully saturated rings. The van der Waals surface area contributed by atoms with Crippen LogP contribution in [0.2, 0.25) is 0 Å². The second-order valence-electron chi connectivity index (χ2n) is 2.06. The maximum absolute atomic E-state index is 2.25. The fourth-order valence-corrected chi connectivity index (χ4v) is 0.677. The Morgan fingerprint density at radius 3 is 1.40 bits per heavy atom. The Kier molecular flexibility index (Phi) is 50.5. The van der Waals surface area contributed by atoms with Crippen LogP contribution in [0.5, 0.6) is 0 Å². The molecule has 0 saturated carbocycles. The summed E-state index contributed by atoms with van der Waals surface area (Å²) in [4.78, 5) is 0. The maximum Gasteiger partial charge on any atom is 2.00 e. The molecule has 0 aromatic heterocycles. The third kappa shape index (κ3) is 23.0. The molecular weight excluding hydrogens is 158 g/mol. The molecule has 0 aromatic carbocycles. The van der Waals surface area contributed by atoms with E-state index in [4.69, 9.17) is 0 Å². The average Bonchev–Trinajstić information content (AvgIpc) is 1.69. The van der Waals surface area contributed by atoms with Crippen molar-refractivity contribution in [2.45, 2.75) is 46.0 Å². The molecule has 0 aromatic rings. The Balaban J connectivity index is -0.0000000180. The minimum Gasteiger partial charge on any atom is -1.00 e. The zero-order valence-corrected chi connectivity index (χ0v) is 9.59. The molecule has 0 bridgehead atoms.